The van der Waals surface area contributed by atoms with Crippen LogP contribution in [-0.2, 0) is 0 Å². The van der Waals surface area contributed by atoms with Crippen molar-refractivity contribution in [1.82, 2.24) is 14.9 Å². The molecule has 1 atom stereocenters. The third-order valence-electron chi connectivity index (χ3n) is 3.89. The van der Waals surface area contributed by atoms with E-state index in [1.807, 2.05) is 6.20 Å². The zero-order valence-corrected chi connectivity index (χ0v) is 11.8. The zero-order valence-electron chi connectivity index (χ0n) is 11.8. The molecule has 2 heterocycles. The molecular formula is C14H25N5. The minimum Gasteiger partial charge on any atom is -0.354 e. The second-order valence-corrected chi connectivity index (χ2v) is 5.08. The molecular weight excluding hydrogens is 238 g/mol. The fraction of sp³-hybridized carbons (Fsp3) is 0.714. The zero-order chi connectivity index (χ0) is 13.5. The molecule has 1 aromatic rings. The van der Waals surface area contributed by atoms with E-state index in [2.05, 4.69) is 26.7 Å². The van der Waals surface area contributed by atoms with Crippen molar-refractivity contribution in [2.45, 2.75) is 32.2 Å². The molecule has 2 rings (SSSR count). The van der Waals surface area contributed by atoms with Crippen LogP contribution in [0.4, 0.5) is 5.82 Å². The Bertz CT molecular complexity index is 356. The van der Waals surface area contributed by atoms with Gasteiger partial charge in [0.1, 0.15) is 5.82 Å². The number of hydrogen-bond donors (Lipinski definition) is 1. The molecule has 5 nitrogen and oxygen atoms in total. The summed E-state index contributed by atoms with van der Waals surface area (Å²) in [6, 6.07) is 0.631. The molecule has 5 heteroatoms. The Morgan fingerprint density at radius 2 is 2.16 bits per heavy atom. The predicted molar refractivity (Wildman–Crippen MR) is 78.2 cm³/mol. The second kappa shape index (κ2) is 7.40. The largest absolute Gasteiger partial charge is 0.354 e. The Balaban J connectivity index is 1.94. The van der Waals surface area contributed by atoms with Gasteiger partial charge in [-0.15, -0.1) is 0 Å². The van der Waals surface area contributed by atoms with Crippen LogP contribution in [0.2, 0.25) is 0 Å². The predicted octanol–water partition coefficient (Wildman–Crippen LogP) is 1.12. The van der Waals surface area contributed by atoms with Crippen LogP contribution in [0.15, 0.2) is 18.6 Å². The maximum Gasteiger partial charge on any atom is 0.147 e. The smallest absolute Gasteiger partial charge is 0.147 e. The average molecular weight is 263 g/mol. The van der Waals surface area contributed by atoms with Crippen LogP contribution < -0.4 is 10.6 Å². The SMILES string of the molecule is CCC(CCN)N1CCCN(c2cnccn2)CC1. The van der Waals surface area contributed by atoms with Crippen LogP contribution in [-0.4, -0.2) is 53.6 Å². The fourth-order valence-corrected chi connectivity index (χ4v) is 2.82. The maximum atomic E-state index is 5.71. The van der Waals surface area contributed by atoms with Crippen LogP contribution in [0, 0.1) is 0 Å². The third-order valence-corrected chi connectivity index (χ3v) is 3.89. The van der Waals surface area contributed by atoms with Gasteiger partial charge in [-0.25, -0.2) is 4.98 Å². The molecule has 1 fully saturated rings. The Kier molecular flexibility index (Phi) is 5.54. The van der Waals surface area contributed by atoms with Gasteiger partial charge in [-0.1, -0.05) is 6.92 Å². The molecule has 1 aliphatic heterocycles. The van der Waals surface area contributed by atoms with E-state index in [9.17, 15) is 0 Å². The maximum absolute atomic E-state index is 5.71. The number of nitrogens with two attached hydrogens (primary N) is 1. The molecule has 106 valence electrons. The Hall–Kier alpha value is -1.20. The van der Waals surface area contributed by atoms with Crippen molar-refractivity contribution in [3.8, 4) is 0 Å². The number of anilines is 1. The van der Waals surface area contributed by atoms with E-state index in [-0.39, 0.29) is 0 Å². The van der Waals surface area contributed by atoms with E-state index in [4.69, 9.17) is 5.73 Å². The summed E-state index contributed by atoms with van der Waals surface area (Å²) in [6.07, 6.45) is 8.80. The number of aromatic nitrogens is 2. The molecule has 0 bridgehead atoms. The van der Waals surface area contributed by atoms with Gasteiger partial charge in [0.25, 0.3) is 0 Å². The highest BCUT2D eigenvalue weighted by Gasteiger charge is 2.20. The average Bonchev–Trinajstić information content (AvgIpc) is 2.71. The molecule has 1 saturated heterocycles. The summed E-state index contributed by atoms with van der Waals surface area (Å²) >= 11 is 0. The van der Waals surface area contributed by atoms with Gasteiger partial charge in [-0.05, 0) is 25.8 Å². The van der Waals surface area contributed by atoms with E-state index < -0.39 is 0 Å². The number of rotatable bonds is 5. The van der Waals surface area contributed by atoms with E-state index in [0.29, 0.717) is 6.04 Å². The van der Waals surface area contributed by atoms with E-state index in [1.165, 1.54) is 12.8 Å². The number of hydrogen-bond acceptors (Lipinski definition) is 5. The monoisotopic (exact) mass is 263 g/mol. The lowest BCUT2D eigenvalue weighted by atomic mass is 10.1. The molecule has 0 amide bonds. The summed E-state index contributed by atoms with van der Waals surface area (Å²) in [5, 5.41) is 0. The van der Waals surface area contributed by atoms with Gasteiger partial charge >= 0.3 is 0 Å². The van der Waals surface area contributed by atoms with Gasteiger partial charge in [0.05, 0.1) is 6.20 Å². The molecule has 1 aliphatic rings. The Morgan fingerprint density at radius 3 is 2.84 bits per heavy atom. The summed E-state index contributed by atoms with van der Waals surface area (Å²) < 4.78 is 0. The molecule has 2 N–H and O–H groups in total. The van der Waals surface area contributed by atoms with Crippen LogP contribution in [0.5, 0.6) is 0 Å². The van der Waals surface area contributed by atoms with Crippen LogP contribution in [0.1, 0.15) is 26.2 Å². The van der Waals surface area contributed by atoms with Crippen molar-refractivity contribution in [3.05, 3.63) is 18.6 Å². The van der Waals surface area contributed by atoms with Crippen molar-refractivity contribution in [2.75, 3.05) is 37.6 Å². The fourth-order valence-electron chi connectivity index (χ4n) is 2.82. The van der Waals surface area contributed by atoms with Gasteiger partial charge in [-0.2, -0.15) is 0 Å². The first-order chi connectivity index (χ1) is 9.35. The third kappa shape index (κ3) is 3.88. The Labute approximate surface area is 115 Å². The van der Waals surface area contributed by atoms with Crippen molar-refractivity contribution in [3.63, 3.8) is 0 Å². The standard InChI is InChI=1S/C14H25N5/c1-2-13(4-5-15)18-8-3-9-19(11-10-18)14-12-16-6-7-17-14/h6-7,12-13H,2-5,8-11,15H2,1H3. The van der Waals surface area contributed by atoms with E-state index in [0.717, 1.165) is 45.0 Å². The van der Waals surface area contributed by atoms with E-state index in [1.54, 1.807) is 12.4 Å². The van der Waals surface area contributed by atoms with Gasteiger partial charge in [-0.3, -0.25) is 9.88 Å². The molecule has 19 heavy (non-hydrogen) atoms. The van der Waals surface area contributed by atoms with E-state index >= 15 is 0 Å². The van der Waals surface area contributed by atoms with Gasteiger partial charge < -0.3 is 10.6 Å². The van der Waals surface area contributed by atoms with Gasteiger partial charge in [0, 0.05) is 44.6 Å². The molecule has 1 aromatic heterocycles. The minimum absolute atomic E-state index is 0.631. The highest BCUT2D eigenvalue weighted by atomic mass is 15.3. The molecule has 0 radical (unpaired) electrons. The molecule has 0 saturated carbocycles. The first-order valence-electron chi connectivity index (χ1n) is 7.30. The summed E-state index contributed by atoms with van der Waals surface area (Å²) in [5.74, 6) is 0.997. The first-order valence-corrected chi connectivity index (χ1v) is 7.30. The molecule has 0 aliphatic carbocycles. The quantitative estimate of drug-likeness (QED) is 0.862. The lowest BCUT2D eigenvalue weighted by molar-refractivity contribution is 0.196. The van der Waals surface area contributed by atoms with Gasteiger partial charge in [0.15, 0.2) is 0 Å². The van der Waals surface area contributed by atoms with Gasteiger partial charge in [0.2, 0.25) is 0 Å². The normalized spacial score (nSPS) is 19.2. The summed E-state index contributed by atoms with van der Waals surface area (Å²) in [5.41, 5.74) is 5.71. The summed E-state index contributed by atoms with van der Waals surface area (Å²) in [4.78, 5) is 13.5. The summed E-state index contributed by atoms with van der Waals surface area (Å²) in [6.45, 7) is 7.38. The second-order valence-electron chi connectivity index (χ2n) is 5.08. The van der Waals surface area contributed by atoms with Crippen molar-refractivity contribution >= 4 is 5.82 Å². The highest BCUT2D eigenvalue weighted by Crippen LogP contribution is 2.15. The summed E-state index contributed by atoms with van der Waals surface area (Å²) in [7, 11) is 0. The first kappa shape index (κ1) is 14.2. The van der Waals surface area contributed by atoms with Crippen LogP contribution in [0.25, 0.3) is 0 Å². The lowest BCUT2D eigenvalue weighted by Crippen LogP contribution is -2.39. The molecule has 1 unspecified atom stereocenters. The molecule has 0 spiro atoms. The van der Waals surface area contributed by atoms with Crippen molar-refractivity contribution in [2.24, 2.45) is 5.73 Å². The van der Waals surface area contributed by atoms with Crippen molar-refractivity contribution in [1.29, 1.82) is 0 Å². The lowest BCUT2D eigenvalue weighted by Gasteiger charge is -2.29. The van der Waals surface area contributed by atoms with Crippen LogP contribution >= 0.6 is 0 Å². The Morgan fingerprint density at radius 1 is 1.26 bits per heavy atom. The van der Waals surface area contributed by atoms with Crippen LogP contribution in [0.3, 0.4) is 0 Å². The minimum atomic E-state index is 0.631. The molecule has 0 aromatic carbocycles. The highest BCUT2D eigenvalue weighted by molar-refractivity contribution is 5.35. The number of nitrogens with zero attached hydrogens (tertiary/aromatic N) is 4. The topological polar surface area (TPSA) is 58.3 Å². The van der Waals surface area contributed by atoms with Crippen molar-refractivity contribution < 1.29 is 0 Å².